The summed E-state index contributed by atoms with van der Waals surface area (Å²) >= 11 is 0. The van der Waals surface area contributed by atoms with Crippen LogP contribution in [0.1, 0.15) is 43.0 Å². The molecule has 0 heterocycles. The van der Waals surface area contributed by atoms with Crippen LogP contribution >= 0.6 is 0 Å². The van der Waals surface area contributed by atoms with Gasteiger partial charge in [0.25, 0.3) is 0 Å². The van der Waals surface area contributed by atoms with E-state index < -0.39 is 0 Å². The molecule has 0 radical (unpaired) electrons. The van der Waals surface area contributed by atoms with E-state index >= 15 is 0 Å². The highest BCUT2D eigenvalue weighted by Crippen LogP contribution is 2.50. The van der Waals surface area contributed by atoms with Crippen molar-refractivity contribution in [3.05, 3.63) is 160 Å². The molecule has 0 saturated carbocycles. The Labute approximate surface area is 249 Å². The summed E-state index contributed by atoms with van der Waals surface area (Å²) in [5, 5.41) is 2.36. The fourth-order valence-electron chi connectivity index (χ4n) is 6.81. The van der Waals surface area contributed by atoms with E-state index in [2.05, 4.69) is 166 Å². The van der Waals surface area contributed by atoms with Gasteiger partial charge in [-0.25, -0.2) is 0 Å². The van der Waals surface area contributed by atoms with Crippen molar-refractivity contribution >= 4 is 29.6 Å². The molecule has 0 aliphatic heterocycles. The number of nitrogens with zero attached hydrogens (tertiary/aromatic N) is 1. The molecular weight excluding hydrogens is 506 g/mol. The highest BCUT2D eigenvalue weighted by atomic mass is 15.1. The van der Waals surface area contributed by atoms with Crippen LogP contribution in [-0.2, 0) is 11.8 Å². The first-order valence-electron chi connectivity index (χ1n) is 14.8. The molecule has 5 aromatic carbocycles. The molecule has 0 bridgehead atoms. The van der Waals surface area contributed by atoms with Crippen molar-refractivity contribution in [3.8, 4) is 22.3 Å². The average molecular weight is 542 g/mol. The summed E-state index contributed by atoms with van der Waals surface area (Å²) in [6.07, 6.45) is 9.83. The van der Waals surface area contributed by atoms with Crippen LogP contribution < -0.4 is 15.3 Å². The van der Waals surface area contributed by atoms with Gasteiger partial charge < -0.3 is 4.90 Å². The molecular formula is C41H35N. The molecule has 2 aliphatic rings. The van der Waals surface area contributed by atoms with Gasteiger partial charge >= 0.3 is 0 Å². The summed E-state index contributed by atoms with van der Waals surface area (Å²) in [6, 6.07) is 39.9. The fraction of sp³-hybridized carbons (Fsp3) is 0.122. The van der Waals surface area contributed by atoms with Gasteiger partial charge in [-0.3, -0.25) is 0 Å². The molecule has 0 amide bonds. The Morgan fingerprint density at radius 3 is 2.14 bits per heavy atom. The van der Waals surface area contributed by atoms with Gasteiger partial charge in [0, 0.05) is 22.5 Å². The summed E-state index contributed by atoms with van der Waals surface area (Å²) in [6.45, 7) is 11.4. The van der Waals surface area contributed by atoms with Crippen molar-refractivity contribution in [1.29, 1.82) is 0 Å². The molecule has 7 rings (SSSR count). The van der Waals surface area contributed by atoms with Crippen molar-refractivity contribution in [2.45, 2.75) is 32.6 Å². The molecule has 0 fully saturated rings. The third kappa shape index (κ3) is 4.25. The summed E-state index contributed by atoms with van der Waals surface area (Å²) in [5.74, 6) is 0. The van der Waals surface area contributed by atoms with Crippen molar-refractivity contribution in [1.82, 2.24) is 0 Å². The van der Waals surface area contributed by atoms with E-state index in [1.54, 1.807) is 0 Å². The zero-order chi connectivity index (χ0) is 28.8. The quantitative estimate of drug-likeness (QED) is 0.219. The number of benzene rings is 5. The summed E-state index contributed by atoms with van der Waals surface area (Å²) in [5.41, 5.74) is 13.6. The molecule has 0 N–H and O–H groups in total. The predicted octanol–water partition coefficient (Wildman–Crippen LogP) is 9.16. The summed E-state index contributed by atoms with van der Waals surface area (Å²) < 4.78 is 0. The number of fused-ring (bicyclic) bond motifs is 6. The highest BCUT2D eigenvalue weighted by molar-refractivity contribution is 5.88. The molecule has 0 atom stereocenters. The Balaban J connectivity index is 1.44. The summed E-state index contributed by atoms with van der Waals surface area (Å²) in [4.78, 5) is 2.32. The van der Waals surface area contributed by atoms with E-state index in [-0.39, 0.29) is 5.41 Å². The molecule has 1 nitrogen and oxygen atoms in total. The minimum atomic E-state index is -0.0333. The van der Waals surface area contributed by atoms with Crippen molar-refractivity contribution in [2.24, 2.45) is 0 Å². The standard InChI is InChI=1S/C41H35N/c1-5-29-13-6-7-15-32(29)25-28(2)42(33-22-21-31-17-12-16-30-14-8-9-18-35(30)37(31)26-33)34-23-24-40-38(27-34)36-19-10-11-20-39(36)41(40,3)4/h5-15,17-27H,2,16H2,1,3-4H3/b29-5-,32-25-. The Kier molecular flexibility index (Phi) is 6.32. The van der Waals surface area contributed by atoms with Crippen LogP contribution in [0.4, 0.5) is 11.4 Å². The maximum Gasteiger partial charge on any atom is 0.0467 e. The smallest absolute Gasteiger partial charge is 0.0467 e. The molecule has 42 heavy (non-hydrogen) atoms. The van der Waals surface area contributed by atoms with Crippen LogP contribution in [0.25, 0.3) is 40.5 Å². The molecule has 0 saturated heterocycles. The molecule has 5 aromatic rings. The lowest BCUT2D eigenvalue weighted by atomic mass is 9.82. The van der Waals surface area contributed by atoms with Crippen molar-refractivity contribution in [3.63, 3.8) is 0 Å². The van der Waals surface area contributed by atoms with Crippen molar-refractivity contribution in [2.75, 3.05) is 4.90 Å². The third-order valence-corrected chi connectivity index (χ3v) is 8.98. The van der Waals surface area contributed by atoms with Crippen LogP contribution in [0.2, 0.25) is 0 Å². The first kappa shape index (κ1) is 26.0. The van der Waals surface area contributed by atoms with Crippen LogP contribution in [0.15, 0.2) is 128 Å². The normalized spacial score (nSPS) is 14.9. The molecule has 0 aromatic heterocycles. The molecule has 1 heteroatoms. The molecule has 2 aliphatic carbocycles. The van der Waals surface area contributed by atoms with Gasteiger partial charge in [-0.2, -0.15) is 0 Å². The zero-order valence-electron chi connectivity index (χ0n) is 24.6. The van der Waals surface area contributed by atoms with E-state index in [0.717, 1.165) is 28.7 Å². The van der Waals surface area contributed by atoms with Crippen LogP contribution in [0.3, 0.4) is 0 Å². The minimum absolute atomic E-state index is 0.0333. The second-order valence-electron chi connectivity index (χ2n) is 11.8. The topological polar surface area (TPSA) is 3.24 Å². The SMILES string of the molecule is C=C(/C=c1/cccc/c1=C/C)N(c1ccc2c(c1)-c1ccccc1CC=C2)c1ccc2c(c1)-c1ccccc1C2(C)C. The largest absolute Gasteiger partial charge is 0.311 e. The monoisotopic (exact) mass is 541 g/mol. The van der Waals surface area contributed by atoms with E-state index in [0.29, 0.717) is 0 Å². The Bertz CT molecular complexity index is 2020. The Morgan fingerprint density at radius 2 is 1.33 bits per heavy atom. The summed E-state index contributed by atoms with van der Waals surface area (Å²) in [7, 11) is 0. The Hall–Kier alpha value is -4.88. The van der Waals surface area contributed by atoms with Gasteiger partial charge in [0.1, 0.15) is 0 Å². The highest BCUT2D eigenvalue weighted by Gasteiger charge is 2.35. The average Bonchev–Trinajstić information content (AvgIpc) is 3.12. The minimum Gasteiger partial charge on any atom is -0.311 e. The van der Waals surface area contributed by atoms with Crippen LogP contribution in [0, 0.1) is 0 Å². The number of hydrogen-bond acceptors (Lipinski definition) is 1. The second-order valence-corrected chi connectivity index (χ2v) is 11.8. The van der Waals surface area contributed by atoms with Gasteiger partial charge in [-0.1, -0.05) is 124 Å². The zero-order valence-corrected chi connectivity index (χ0v) is 24.6. The molecule has 0 spiro atoms. The predicted molar refractivity (Wildman–Crippen MR) is 180 cm³/mol. The lowest BCUT2D eigenvalue weighted by Gasteiger charge is -2.28. The van der Waals surface area contributed by atoms with Gasteiger partial charge in [0.2, 0.25) is 0 Å². The Morgan fingerprint density at radius 1 is 0.690 bits per heavy atom. The molecule has 204 valence electrons. The first-order chi connectivity index (χ1) is 20.5. The van der Waals surface area contributed by atoms with Crippen LogP contribution in [0.5, 0.6) is 0 Å². The van der Waals surface area contributed by atoms with Crippen molar-refractivity contribution < 1.29 is 0 Å². The number of hydrogen-bond donors (Lipinski definition) is 0. The third-order valence-electron chi connectivity index (χ3n) is 8.98. The van der Waals surface area contributed by atoms with E-state index in [4.69, 9.17) is 0 Å². The van der Waals surface area contributed by atoms with Crippen LogP contribution in [-0.4, -0.2) is 0 Å². The van der Waals surface area contributed by atoms with E-state index in [9.17, 15) is 0 Å². The second kappa shape index (κ2) is 10.2. The maximum absolute atomic E-state index is 4.66. The molecule has 0 unspecified atom stereocenters. The number of allylic oxidation sites excluding steroid dienone is 2. The number of rotatable bonds is 4. The lowest BCUT2D eigenvalue weighted by molar-refractivity contribution is 0.660. The van der Waals surface area contributed by atoms with Gasteiger partial charge in [0.15, 0.2) is 0 Å². The van der Waals surface area contributed by atoms with Gasteiger partial charge in [-0.05, 0) is 98.6 Å². The van der Waals surface area contributed by atoms with E-state index in [1.807, 2.05) is 0 Å². The van der Waals surface area contributed by atoms with Gasteiger partial charge in [-0.15, -0.1) is 0 Å². The lowest BCUT2D eigenvalue weighted by Crippen LogP contribution is -2.25. The maximum atomic E-state index is 4.66. The van der Waals surface area contributed by atoms with Gasteiger partial charge in [0.05, 0.1) is 0 Å². The first-order valence-corrected chi connectivity index (χ1v) is 14.8. The van der Waals surface area contributed by atoms with E-state index in [1.165, 1.54) is 49.7 Å². The fourth-order valence-corrected chi connectivity index (χ4v) is 6.81. The number of anilines is 2.